The number of hydrogen-bond donors (Lipinski definition) is 1. The summed E-state index contributed by atoms with van der Waals surface area (Å²) in [5.74, 6) is 0.755. The summed E-state index contributed by atoms with van der Waals surface area (Å²) >= 11 is 0. The van der Waals surface area contributed by atoms with Crippen molar-refractivity contribution < 1.29 is 5.11 Å². The lowest BCUT2D eigenvalue weighted by atomic mass is 9.71. The van der Waals surface area contributed by atoms with Crippen molar-refractivity contribution in [2.24, 2.45) is 5.92 Å². The minimum absolute atomic E-state index is 0.0427. The van der Waals surface area contributed by atoms with Crippen LogP contribution in [-0.2, 0) is 0 Å². The first-order valence-electron chi connectivity index (χ1n) is 8.88. The first-order valence-corrected chi connectivity index (χ1v) is 8.88. The second-order valence-electron chi connectivity index (χ2n) is 7.27. The second-order valence-corrected chi connectivity index (χ2v) is 7.27. The molecule has 1 fully saturated rings. The van der Waals surface area contributed by atoms with Gasteiger partial charge < -0.3 is 10.0 Å². The molecule has 0 aromatic heterocycles. The van der Waals surface area contributed by atoms with Gasteiger partial charge in [-0.25, -0.2) is 0 Å². The molecule has 1 N–H and O–H groups in total. The highest BCUT2D eigenvalue weighted by molar-refractivity contribution is 4.98. The topological polar surface area (TPSA) is 23.5 Å². The summed E-state index contributed by atoms with van der Waals surface area (Å²) in [4.78, 5) is 2.31. The fraction of sp³-hybridized carbons (Fsp3) is 1.00. The van der Waals surface area contributed by atoms with E-state index in [0.717, 1.165) is 18.8 Å². The number of aliphatic hydroxyl groups excluding tert-OH is 1. The van der Waals surface area contributed by atoms with E-state index >= 15 is 0 Å². The van der Waals surface area contributed by atoms with Gasteiger partial charge in [0.1, 0.15) is 0 Å². The molecule has 0 aliphatic heterocycles. The number of rotatable bonds is 9. The van der Waals surface area contributed by atoms with Gasteiger partial charge in [-0.05, 0) is 39.3 Å². The Balaban J connectivity index is 2.39. The molecule has 2 nitrogen and oxygen atoms in total. The highest BCUT2D eigenvalue weighted by Crippen LogP contribution is 2.39. The van der Waals surface area contributed by atoms with Crippen molar-refractivity contribution in [1.82, 2.24) is 4.90 Å². The van der Waals surface area contributed by atoms with E-state index in [9.17, 15) is 5.11 Å². The highest BCUT2D eigenvalue weighted by atomic mass is 16.3. The first kappa shape index (κ1) is 18.0. The Bertz CT molecular complexity index is 254. The molecule has 120 valence electrons. The quantitative estimate of drug-likeness (QED) is 0.625. The van der Waals surface area contributed by atoms with Gasteiger partial charge in [-0.15, -0.1) is 0 Å². The van der Waals surface area contributed by atoms with Crippen LogP contribution in [0.5, 0.6) is 0 Å². The van der Waals surface area contributed by atoms with Gasteiger partial charge in [-0.3, -0.25) is 0 Å². The molecule has 0 radical (unpaired) electrons. The molecule has 0 saturated heterocycles. The standard InChI is InChI=1S/C18H37NO/c1-5-6-7-8-9-10-13-17(20)18(19(3)4)14-11-12-16(2)15-18/h16-17,20H,5-15H2,1-4H3. The molecule has 1 aliphatic rings. The zero-order valence-electron chi connectivity index (χ0n) is 14.3. The molecule has 0 heterocycles. The number of likely N-dealkylation sites (N-methyl/N-ethyl adjacent to an activating group) is 1. The number of aliphatic hydroxyl groups is 1. The van der Waals surface area contributed by atoms with Crippen molar-refractivity contribution in [2.75, 3.05) is 14.1 Å². The van der Waals surface area contributed by atoms with Crippen molar-refractivity contribution in [2.45, 2.75) is 96.1 Å². The fourth-order valence-corrected chi connectivity index (χ4v) is 3.96. The van der Waals surface area contributed by atoms with Gasteiger partial charge in [0.2, 0.25) is 0 Å². The van der Waals surface area contributed by atoms with Gasteiger partial charge in [-0.1, -0.05) is 65.2 Å². The summed E-state index contributed by atoms with van der Waals surface area (Å²) in [7, 11) is 4.31. The van der Waals surface area contributed by atoms with Crippen LogP contribution in [0.1, 0.15) is 84.5 Å². The van der Waals surface area contributed by atoms with Crippen LogP contribution < -0.4 is 0 Å². The van der Waals surface area contributed by atoms with E-state index in [1.54, 1.807) is 0 Å². The van der Waals surface area contributed by atoms with E-state index in [4.69, 9.17) is 0 Å². The summed E-state index contributed by atoms with van der Waals surface area (Å²) in [5, 5.41) is 10.8. The smallest absolute Gasteiger partial charge is 0.0723 e. The molecular weight excluding hydrogens is 246 g/mol. The molecule has 0 aromatic carbocycles. The summed E-state index contributed by atoms with van der Waals surface area (Å²) < 4.78 is 0. The molecule has 2 heteroatoms. The molecule has 1 saturated carbocycles. The van der Waals surface area contributed by atoms with Gasteiger partial charge in [0, 0.05) is 5.54 Å². The Kier molecular flexibility index (Phi) is 8.13. The van der Waals surface area contributed by atoms with Gasteiger partial charge in [-0.2, -0.15) is 0 Å². The molecular formula is C18H37NO. The maximum Gasteiger partial charge on any atom is 0.0723 e. The SMILES string of the molecule is CCCCCCCCC(O)C1(N(C)C)CCCC(C)C1. The maximum absolute atomic E-state index is 10.8. The third kappa shape index (κ3) is 5.04. The van der Waals surface area contributed by atoms with E-state index in [1.165, 1.54) is 57.8 Å². The summed E-state index contributed by atoms with van der Waals surface area (Å²) in [6.45, 7) is 4.60. The Morgan fingerprint density at radius 3 is 2.40 bits per heavy atom. The van der Waals surface area contributed by atoms with E-state index < -0.39 is 0 Å². The highest BCUT2D eigenvalue weighted by Gasteiger charge is 2.42. The average molecular weight is 284 g/mol. The van der Waals surface area contributed by atoms with E-state index in [2.05, 4.69) is 32.8 Å². The Labute approximate surface area is 126 Å². The Hall–Kier alpha value is -0.0800. The third-order valence-electron chi connectivity index (χ3n) is 5.35. The molecule has 3 atom stereocenters. The van der Waals surface area contributed by atoms with Crippen LogP contribution in [0.4, 0.5) is 0 Å². The van der Waals surface area contributed by atoms with Crippen molar-refractivity contribution >= 4 is 0 Å². The molecule has 0 spiro atoms. The number of unbranched alkanes of at least 4 members (excludes halogenated alkanes) is 5. The lowest BCUT2D eigenvalue weighted by Crippen LogP contribution is -2.56. The van der Waals surface area contributed by atoms with Gasteiger partial charge in [0.15, 0.2) is 0 Å². The zero-order valence-corrected chi connectivity index (χ0v) is 14.3. The largest absolute Gasteiger partial charge is 0.391 e. The fourth-order valence-electron chi connectivity index (χ4n) is 3.96. The van der Waals surface area contributed by atoms with Crippen LogP contribution in [0.25, 0.3) is 0 Å². The van der Waals surface area contributed by atoms with Crippen LogP contribution in [0.3, 0.4) is 0 Å². The van der Waals surface area contributed by atoms with Crippen LogP contribution in [-0.4, -0.2) is 35.7 Å². The summed E-state index contributed by atoms with van der Waals surface area (Å²) in [6, 6.07) is 0. The zero-order chi connectivity index (χ0) is 15.0. The monoisotopic (exact) mass is 283 g/mol. The Morgan fingerprint density at radius 2 is 1.80 bits per heavy atom. The molecule has 0 amide bonds. The van der Waals surface area contributed by atoms with Crippen molar-refractivity contribution in [3.8, 4) is 0 Å². The third-order valence-corrected chi connectivity index (χ3v) is 5.35. The van der Waals surface area contributed by atoms with Crippen LogP contribution in [0.2, 0.25) is 0 Å². The lowest BCUT2D eigenvalue weighted by Gasteiger charge is -2.48. The molecule has 1 aliphatic carbocycles. The normalized spacial score (nSPS) is 28.8. The molecule has 3 unspecified atom stereocenters. The predicted octanol–water partition coefficient (Wildman–Crippen LogP) is 4.61. The number of nitrogens with zero attached hydrogens (tertiary/aromatic N) is 1. The van der Waals surface area contributed by atoms with Gasteiger partial charge >= 0.3 is 0 Å². The molecule has 0 aromatic rings. The van der Waals surface area contributed by atoms with E-state index in [-0.39, 0.29) is 11.6 Å². The lowest BCUT2D eigenvalue weighted by molar-refractivity contribution is -0.0476. The second kappa shape index (κ2) is 9.04. The Morgan fingerprint density at radius 1 is 1.15 bits per heavy atom. The van der Waals surface area contributed by atoms with Gasteiger partial charge in [0.05, 0.1) is 6.10 Å². The minimum Gasteiger partial charge on any atom is -0.391 e. The molecule has 1 rings (SSSR count). The molecule has 0 bridgehead atoms. The minimum atomic E-state index is -0.147. The van der Waals surface area contributed by atoms with E-state index in [1.807, 2.05) is 0 Å². The first-order chi connectivity index (χ1) is 9.53. The van der Waals surface area contributed by atoms with Crippen LogP contribution >= 0.6 is 0 Å². The van der Waals surface area contributed by atoms with Crippen molar-refractivity contribution in [3.63, 3.8) is 0 Å². The van der Waals surface area contributed by atoms with Crippen LogP contribution in [0.15, 0.2) is 0 Å². The average Bonchev–Trinajstić information content (AvgIpc) is 2.42. The molecule has 20 heavy (non-hydrogen) atoms. The van der Waals surface area contributed by atoms with Gasteiger partial charge in [0.25, 0.3) is 0 Å². The number of hydrogen-bond acceptors (Lipinski definition) is 2. The summed E-state index contributed by atoms with van der Waals surface area (Å²) in [6.07, 6.45) is 13.6. The summed E-state index contributed by atoms with van der Waals surface area (Å²) in [5.41, 5.74) is 0.0427. The van der Waals surface area contributed by atoms with Crippen molar-refractivity contribution in [3.05, 3.63) is 0 Å². The maximum atomic E-state index is 10.8. The predicted molar refractivity (Wildman–Crippen MR) is 88.0 cm³/mol. The van der Waals surface area contributed by atoms with Crippen molar-refractivity contribution in [1.29, 1.82) is 0 Å². The van der Waals surface area contributed by atoms with E-state index in [0.29, 0.717) is 0 Å². The van der Waals surface area contributed by atoms with Crippen LogP contribution in [0, 0.1) is 5.92 Å².